The molecule has 0 aliphatic carbocycles. The Labute approximate surface area is 234 Å². The van der Waals surface area contributed by atoms with Crippen LogP contribution in [0.3, 0.4) is 0 Å². The first-order chi connectivity index (χ1) is 19.1. The Hall–Kier alpha value is -3.24. The van der Waals surface area contributed by atoms with Crippen molar-refractivity contribution in [3.8, 4) is 0 Å². The quantitative estimate of drug-likeness (QED) is 0.322. The first-order valence-corrected chi connectivity index (χ1v) is 14.4. The molecule has 0 saturated carbocycles. The molecule has 16 heteroatoms. The van der Waals surface area contributed by atoms with Crippen molar-refractivity contribution in [1.29, 1.82) is 0 Å². The summed E-state index contributed by atoms with van der Waals surface area (Å²) >= 11 is 1.20. The molecule has 2 heterocycles. The Morgan fingerprint density at radius 2 is 1.83 bits per heavy atom. The second-order valence-corrected chi connectivity index (χ2v) is 11.8. The van der Waals surface area contributed by atoms with Gasteiger partial charge in [-0.05, 0) is 30.2 Å². The second kappa shape index (κ2) is 13.2. The van der Waals surface area contributed by atoms with E-state index in [0.717, 1.165) is 17.7 Å². The van der Waals surface area contributed by atoms with Gasteiger partial charge in [0.2, 0.25) is 0 Å². The number of halogens is 7. The topological polar surface area (TPSA) is 90.8 Å². The van der Waals surface area contributed by atoms with E-state index in [1.807, 2.05) is 0 Å². The number of thiazole rings is 1. The monoisotopic (exact) mass is 627 g/mol. The third kappa shape index (κ3) is 8.63. The van der Waals surface area contributed by atoms with Gasteiger partial charge in [0.25, 0.3) is 6.43 Å². The minimum Gasteiger partial charge on any atom is -0.475 e. The lowest BCUT2D eigenvalue weighted by molar-refractivity contribution is -0.192. The highest BCUT2D eigenvalue weighted by molar-refractivity contribution is 7.90. The molecular formula is C25H24F7N3O4S2. The van der Waals surface area contributed by atoms with Crippen LogP contribution in [0.15, 0.2) is 52.2 Å². The Balaban J connectivity index is 0.000000587. The molecule has 7 nitrogen and oxygen atoms in total. The Morgan fingerprint density at radius 3 is 2.37 bits per heavy atom. The summed E-state index contributed by atoms with van der Waals surface area (Å²) in [5, 5.41) is 8.64. The van der Waals surface area contributed by atoms with Gasteiger partial charge in [-0.15, -0.1) is 11.3 Å². The number of likely N-dealkylation sites (tertiary alicyclic amines) is 1. The molecule has 1 atom stereocenters. The predicted octanol–water partition coefficient (Wildman–Crippen LogP) is 5.68. The van der Waals surface area contributed by atoms with Crippen molar-refractivity contribution in [1.82, 2.24) is 9.88 Å². The number of alkyl halides is 5. The van der Waals surface area contributed by atoms with Gasteiger partial charge in [-0.25, -0.2) is 35.8 Å². The molecule has 4 rings (SSSR count). The highest BCUT2D eigenvalue weighted by Crippen LogP contribution is 2.30. The van der Waals surface area contributed by atoms with Crippen LogP contribution in [0.25, 0.3) is 0 Å². The van der Waals surface area contributed by atoms with Gasteiger partial charge in [-0.3, -0.25) is 4.90 Å². The lowest BCUT2D eigenvalue weighted by Gasteiger charge is -2.27. The third-order valence-corrected chi connectivity index (χ3v) is 8.49. The lowest BCUT2D eigenvalue weighted by Crippen LogP contribution is -2.34. The normalized spacial score (nSPS) is 16.0. The van der Waals surface area contributed by atoms with Crippen LogP contribution in [0.4, 0.5) is 36.4 Å². The van der Waals surface area contributed by atoms with Crippen molar-refractivity contribution in [3.05, 3.63) is 75.7 Å². The van der Waals surface area contributed by atoms with Crippen LogP contribution in [0.5, 0.6) is 0 Å². The van der Waals surface area contributed by atoms with Crippen molar-refractivity contribution >= 4 is 32.8 Å². The molecule has 1 fully saturated rings. The first-order valence-electron chi connectivity index (χ1n) is 11.8. The van der Waals surface area contributed by atoms with E-state index >= 15 is 0 Å². The maximum atomic E-state index is 14.8. The van der Waals surface area contributed by atoms with E-state index in [-0.39, 0.29) is 23.0 Å². The molecule has 1 aromatic heterocycles. The summed E-state index contributed by atoms with van der Waals surface area (Å²) in [6.07, 6.45) is -6.91. The summed E-state index contributed by atoms with van der Waals surface area (Å²) in [5.74, 6) is -5.62. The number of sulfone groups is 1. The molecule has 2 aromatic carbocycles. The minimum absolute atomic E-state index is 0.0267. The molecule has 0 unspecified atom stereocenters. The summed E-state index contributed by atoms with van der Waals surface area (Å²) in [6, 6.07) is 8.26. The fourth-order valence-corrected chi connectivity index (χ4v) is 6.26. The van der Waals surface area contributed by atoms with Crippen LogP contribution in [0, 0.1) is 11.6 Å². The number of nitrogens with zero attached hydrogens (tertiary/aromatic N) is 3. The standard InChI is InChI=1S/C23H23F4N3O2S2.C2HF3O2/c1-29(18-5-6-30(11-18)10-15-3-2-4-16(7-15)23(26)27)19-8-20(24)22(21(25)9-19)34(31,32)13-17-12-33-14-28-17;3-2(4,5)1(6)7/h2-4,7-9,12,14,18,23H,5-6,10-11,13H2,1H3;(H,6,7)/t18-;/m0./s1. The molecule has 0 bridgehead atoms. The zero-order chi connectivity index (χ0) is 30.5. The highest BCUT2D eigenvalue weighted by atomic mass is 32.2. The minimum atomic E-state index is -5.08. The van der Waals surface area contributed by atoms with E-state index in [1.165, 1.54) is 34.4 Å². The van der Waals surface area contributed by atoms with E-state index in [9.17, 15) is 39.2 Å². The average Bonchev–Trinajstić information content (AvgIpc) is 3.55. The van der Waals surface area contributed by atoms with Gasteiger partial charge >= 0.3 is 12.1 Å². The summed E-state index contributed by atoms with van der Waals surface area (Å²) in [7, 11) is -2.55. The maximum Gasteiger partial charge on any atom is 0.490 e. The molecular weight excluding hydrogens is 603 g/mol. The van der Waals surface area contributed by atoms with Crippen molar-refractivity contribution in [2.24, 2.45) is 0 Å². The number of benzene rings is 2. The van der Waals surface area contributed by atoms with Crippen LogP contribution in [0.1, 0.15) is 29.7 Å². The molecule has 224 valence electrons. The van der Waals surface area contributed by atoms with Crippen LogP contribution in [0.2, 0.25) is 0 Å². The Morgan fingerprint density at radius 1 is 1.20 bits per heavy atom. The fraction of sp³-hybridized carbons (Fsp3) is 0.360. The largest absolute Gasteiger partial charge is 0.490 e. The molecule has 0 spiro atoms. The molecule has 1 aliphatic rings. The lowest BCUT2D eigenvalue weighted by atomic mass is 10.1. The summed E-state index contributed by atoms with van der Waals surface area (Å²) in [5.41, 5.74) is 2.66. The van der Waals surface area contributed by atoms with Gasteiger partial charge in [0, 0.05) is 49.4 Å². The number of rotatable bonds is 8. The number of aliphatic carboxylic acids is 1. The van der Waals surface area contributed by atoms with E-state index in [2.05, 4.69) is 9.88 Å². The Kier molecular flexibility index (Phi) is 10.4. The number of anilines is 1. The van der Waals surface area contributed by atoms with Crippen LogP contribution >= 0.6 is 11.3 Å². The maximum absolute atomic E-state index is 14.8. The molecule has 41 heavy (non-hydrogen) atoms. The summed E-state index contributed by atoms with van der Waals surface area (Å²) in [6.45, 7) is 1.75. The molecule has 0 radical (unpaired) electrons. The number of hydrogen-bond donors (Lipinski definition) is 1. The molecule has 3 aromatic rings. The van der Waals surface area contributed by atoms with E-state index < -0.39 is 50.7 Å². The number of carbonyl (C=O) groups is 1. The number of hydrogen-bond acceptors (Lipinski definition) is 7. The first kappa shape index (κ1) is 32.3. The van der Waals surface area contributed by atoms with E-state index in [0.29, 0.717) is 26.1 Å². The molecule has 1 aliphatic heterocycles. The molecule has 1 N–H and O–H groups in total. The van der Waals surface area contributed by atoms with E-state index in [4.69, 9.17) is 9.90 Å². The highest BCUT2D eigenvalue weighted by Gasteiger charge is 2.38. The second-order valence-electron chi connectivity index (χ2n) is 9.11. The number of carboxylic acid groups (broad SMARTS) is 1. The smallest absolute Gasteiger partial charge is 0.475 e. The van der Waals surface area contributed by atoms with Crippen molar-refractivity contribution < 1.29 is 49.1 Å². The van der Waals surface area contributed by atoms with Crippen molar-refractivity contribution in [3.63, 3.8) is 0 Å². The van der Waals surface area contributed by atoms with Crippen molar-refractivity contribution in [2.45, 2.75) is 42.3 Å². The van der Waals surface area contributed by atoms with Crippen molar-refractivity contribution in [2.75, 3.05) is 25.0 Å². The number of carboxylic acids is 1. The van der Waals surface area contributed by atoms with Crippen LogP contribution in [-0.4, -0.2) is 61.7 Å². The van der Waals surface area contributed by atoms with Gasteiger partial charge in [-0.2, -0.15) is 13.2 Å². The zero-order valence-corrected chi connectivity index (χ0v) is 22.9. The Bertz CT molecular complexity index is 1430. The van der Waals surface area contributed by atoms with Crippen LogP contribution < -0.4 is 4.90 Å². The SMILES string of the molecule is CN(c1cc(F)c(S(=O)(=O)Cc2cscn2)c(F)c1)[C@H]1CCN(Cc2cccc(C(F)F)c2)C1.O=C(O)C(F)(F)F. The van der Waals surface area contributed by atoms with Gasteiger partial charge in [0.1, 0.15) is 16.5 Å². The van der Waals surface area contributed by atoms with Gasteiger partial charge in [-0.1, -0.05) is 18.2 Å². The number of aromatic nitrogens is 1. The third-order valence-electron chi connectivity index (χ3n) is 6.17. The number of likely N-dealkylation sites (N-methyl/N-ethyl adjacent to an activating group) is 1. The molecule has 0 amide bonds. The fourth-order valence-electron chi connectivity index (χ4n) is 4.19. The predicted molar refractivity (Wildman–Crippen MR) is 137 cm³/mol. The van der Waals surface area contributed by atoms with Gasteiger partial charge in [0.15, 0.2) is 9.84 Å². The van der Waals surface area contributed by atoms with Crippen LogP contribution in [-0.2, 0) is 26.9 Å². The summed E-state index contributed by atoms with van der Waals surface area (Å²) < 4.78 is 112. The zero-order valence-electron chi connectivity index (χ0n) is 21.3. The summed E-state index contributed by atoms with van der Waals surface area (Å²) in [4.78, 5) is 15.6. The van der Waals surface area contributed by atoms with Gasteiger partial charge < -0.3 is 10.0 Å². The molecule has 1 saturated heterocycles. The van der Waals surface area contributed by atoms with Gasteiger partial charge in [0.05, 0.1) is 17.0 Å². The average molecular weight is 628 g/mol. The van der Waals surface area contributed by atoms with E-state index in [1.54, 1.807) is 24.1 Å².